The van der Waals surface area contributed by atoms with Gasteiger partial charge in [-0.25, -0.2) is 0 Å². The molecule has 33 heavy (non-hydrogen) atoms. The molecule has 1 spiro atoms. The Bertz CT molecular complexity index is 1320. The summed E-state index contributed by atoms with van der Waals surface area (Å²) in [5.74, 6) is 0.891. The van der Waals surface area contributed by atoms with Crippen LogP contribution in [0, 0.1) is 13.8 Å². The fourth-order valence-electron chi connectivity index (χ4n) is 5.40. The van der Waals surface area contributed by atoms with Gasteiger partial charge in [-0.3, -0.25) is 9.69 Å². The summed E-state index contributed by atoms with van der Waals surface area (Å²) in [6.45, 7) is 4.51. The minimum absolute atomic E-state index is 0.0726. The number of fused-ring (bicyclic) bond motifs is 4. The lowest BCUT2D eigenvalue weighted by Crippen LogP contribution is -2.44. The van der Waals surface area contributed by atoms with Crippen LogP contribution in [0.2, 0.25) is 0 Å². The zero-order valence-corrected chi connectivity index (χ0v) is 18.8. The third kappa shape index (κ3) is 2.78. The van der Waals surface area contributed by atoms with Crippen molar-refractivity contribution >= 4 is 11.6 Å². The average Bonchev–Trinajstić information content (AvgIpc) is 3.33. The number of hydrogen-bond acceptors (Lipinski definition) is 2. The Balaban J connectivity index is 1.60. The third-order valence-corrected chi connectivity index (χ3v) is 7.20. The molecule has 2 aliphatic rings. The van der Waals surface area contributed by atoms with E-state index in [0.717, 1.165) is 33.7 Å². The molecule has 6 rings (SSSR count). The van der Waals surface area contributed by atoms with Crippen LogP contribution in [-0.4, -0.2) is 12.5 Å². The summed E-state index contributed by atoms with van der Waals surface area (Å²) in [5, 5.41) is 0. The van der Waals surface area contributed by atoms with Crippen LogP contribution in [0.1, 0.15) is 39.4 Å². The van der Waals surface area contributed by atoms with E-state index in [9.17, 15) is 4.79 Å². The van der Waals surface area contributed by atoms with Crippen molar-refractivity contribution in [2.45, 2.75) is 25.3 Å². The van der Waals surface area contributed by atoms with Crippen molar-refractivity contribution in [3.05, 3.63) is 130 Å². The van der Waals surface area contributed by atoms with E-state index >= 15 is 0 Å². The second kappa shape index (κ2) is 7.35. The number of amides is 1. The minimum atomic E-state index is -0.827. The summed E-state index contributed by atoms with van der Waals surface area (Å²) in [7, 11) is 0. The number of benzene rings is 4. The monoisotopic (exact) mass is 431 g/mol. The summed E-state index contributed by atoms with van der Waals surface area (Å²) in [5.41, 5.74) is 6.64. The molecule has 0 aliphatic carbocycles. The number of nitrogens with zero attached hydrogens (tertiary/aromatic N) is 1. The van der Waals surface area contributed by atoms with Gasteiger partial charge in [-0.15, -0.1) is 0 Å². The number of carbonyl (C=O) groups is 1. The van der Waals surface area contributed by atoms with Crippen LogP contribution in [0.3, 0.4) is 0 Å². The molecular formula is C30H25NO2. The van der Waals surface area contributed by atoms with E-state index in [1.807, 2.05) is 53.4 Å². The predicted molar refractivity (Wildman–Crippen MR) is 131 cm³/mol. The molecule has 0 aromatic heterocycles. The second-order valence-electron chi connectivity index (χ2n) is 9.04. The number of hydrogen-bond donors (Lipinski definition) is 0. The zero-order chi connectivity index (χ0) is 22.6. The maximum absolute atomic E-state index is 14.6. The second-order valence-corrected chi connectivity index (χ2v) is 9.04. The van der Waals surface area contributed by atoms with Crippen molar-refractivity contribution in [2.24, 2.45) is 0 Å². The van der Waals surface area contributed by atoms with Gasteiger partial charge in [-0.2, -0.15) is 0 Å². The summed E-state index contributed by atoms with van der Waals surface area (Å²) in [4.78, 5) is 16.6. The van der Waals surface area contributed by atoms with Crippen molar-refractivity contribution in [1.29, 1.82) is 0 Å². The lowest BCUT2D eigenvalue weighted by Gasteiger charge is -2.31. The largest absolute Gasteiger partial charge is 0.491 e. The van der Waals surface area contributed by atoms with Crippen LogP contribution >= 0.6 is 0 Å². The molecule has 162 valence electrons. The average molecular weight is 432 g/mol. The molecule has 0 saturated heterocycles. The number of anilines is 1. The Labute approximate surface area is 194 Å². The highest BCUT2D eigenvalue weighted by Crippen LogP contribution is 2.55. The summed E-state index contributed by atoms with van der Waals surface area (Å²) in [6.07, 6.45) is 0. The maximum Gasteiger partial charge on any atom is 0.246 e. The summed E-state index contributed by atoms with van der Waals surface area (Å²) < 4.78 is 6.19. The van der Waals surface area contributed by atoms with Crippen molar-refractivity contribution in [2.75, 3.05) is 11.5 Å². The van der Waals surface area contributed by atoms with Gasteiger partial charge in [0.15, 0.2) is 0 Å². The van der Waals surface area contributed by atoms with Crippen LogP contribution in [0.4, 0.5) is 5.69 Å². The molecule has 1 unspecified atom stereocenters. The topological polar surface area (TPSA) is 29.5 Å². The first-order chi connectivity index (χ1) is 16.1. The van der Waals surface area contributed by atoms with Gasteiger partial charge in [0, 0.05) is 11.3 Å². The van der Waals surface area contributed by atoms with Gasteiger partial charge >= 0.3 is 0 Å². The van der Waals surface area contributed by atoms with Crippen LogP contribution in [0.5, 0.6) is 5.75 Å². The third-order valence-electron chi connectivity index (χ3n) is 7.20. The van der Waals surface area contributed by atoms with Gasteiger partial charge in [0.25, 0.3) is 0 Å². The molecule has 4 aromatic rings. The van der Waals surface area contributed by atoms with E-state index in [0.29, 0.717) is 6.61 Å². The highest BCUT2D eigenvalue weighted by Gasteiger charge is 2.58. The Kier molecular flexibility index (Phi) is 4.41. The van der Waals surface area contributed by atoms with Crippen LogP contribution in [0.15, 0.2) is 97.1 Å². The summed E-state index contributed by atoms with van der Waals surface area (Å²) in [6, 6.07) is 32.8. The molecule has 1 atom stereocenters. The fourth-order valence-corrected chi connectivity index (χ4v) is 5.40. The Morgan fingerprint density at radius 1 is 0.758 bits per heavy atom. The van der Waals surface area contributed by atoms with E-state index in [4.69, 9.17) is 4.74 Å². The first-order valence-electron chi connectivity index (χ1n) is 11.4. The highest BCUT2D eigenvalue weighted by molar-refractivity contribution is 6.12. The molecule has 1 amide bonds. The molecule has 2 aliphatic heterocycles. The molecule has 0 bridgehead atoms. The van der Waals surface area contributed by atoms with E-state index < -0.39 is 5.41 Å². The van der Waals surface area contributed by atoms with E-state index in [1.54, 1.807) is 0 Å². The maximum atomic E-state index is 14.6. The SMILES string of the molecule is Cc1cc2c(cc1C)C1(CO2)C(=O)N(C(c2ccccc2)c2ccccc2)c2ccccc21. The molecular weight excluding hydrogens is 406 g/mol. The normalized spacial score (nSPS) is 18.5. The molecule has 0 fully saturated rings. The number of para-hydroxylation sites is 1. The lowest BCUT2D eigenvalue weighted by molar-refractivity contribution is -0.122. The van der Waals surface area contributed by atoms with Crippen molar-refractivity contribution in [1.82, 2.24) is 0 Å². The number of rotatable bonds is 3. The molecule has 3 nitrogen and oxygen atoms in total. The quantitative estimate of drug-likeness (QED) is 0.391. The smallest absolute Gasteiger partial charge is 0.246 e. The van der Waals surface area contributed by atoms with Gasteiger partial charge in [0.1, 0.15) is 17.8 Å². The highest BCUT2D eigenvalue weighted by atomic mass is 16.5. The Hall–Kier alpha value is -3.85. The Morgan fingerprint density at radius 2 is 1.33 bits per heavy atom. The predicted octanol–water partition coefficient (Wildman–Crippen LogP) is 6.12. The van der Waals surface area contributed by atoms with Gasteiger partial charge in [0.05, 0.1) is 6.04 Å². The van der Waals surface area contributed by atoms with E-state index in [-0.39, 0.29) is 11.9 Å². The molecule has 0 N–H and O–H groups in total. The standard InChI is InChI=1S/C30H25NO2/c1-20-17-25-27(18-21(20)2)33-19-30(25)24-15-9-10-16-26(24)31(29(30)32)28(22-11-5-3-6-12-22)23-13-7-4-8-14-23/h3-18,28H,19H2,1-2H3. The molecule has 0 saturated carbocycles. The first kappa shape index (κ1) is 19.8. The summed E-state index contributed by atoms with van der Waals surface area (Å²) >= 11 is 0. The van der Waals surface area contributed by atoms with Crippen molar-refractivity contribution in [3.63, 3.8) is 0 Å². The minimum Gasteiger partial charge on any atom is -0.491 e. The number of ether oxygens (including phenoxy) is 1. The van der Waals surface area contributed by atoms with Crippen molar-refractivity contribution in [3.8, 4) is 5.75 Å². The number of aryl methyl sites for hydroxylation is 2. The van der Waals surface area contributed by atoms with Gasteiger partial charge in [-0.05, 0) is 53.8 Å². The molecule has 0 radical (unpaired) electrons. The van der Waals surface area contributed by atoms with Gasteiger partial charge < -0.3 is 4.74 Å². The molecule has 2 heterocycles. The van der Waals surface area contributed by atoms with E-state index in [1.165, 1.54) is 11.1 Å². The van der Waals surface area contributed by atoms with Crippen LogP contribution < -0.4 is 9.64 Å². The van der Waals surface area contributed by atoms with E-state index in [2.05, 4.69) is 62.4 Å². The Morgan fingerprint density at radius 3 is 2.00 bits per heavy atom. The van der Waals surface area contributed by atoms with Gasteiger partial charge in [0.2, 0.25) is 5.91 Å². The van der Waals surface area contributed by atoms with Gasteiger partial charge in [-0.1, -0.05) is 84.9 Å². The van der Waals surface area contributed by atoms with Crippen molar-refractivity contribution < 1.29 is 9.53 Å². The zero-order valence-electron chi connectivity index (χ0n) is 18.8. The van der Waals surface area contributed by atoms with Crippen LogP contribution in [0.25, 0.3) is 0 Å². The molecule has 3 heteroatoms. The number of carbonyl (C=O) groups excluding carboxylic acids is 1. The fraction of sp³-hybridized carbons (Fsp3) is 0.167. The first-order valence-corrected chi connectivity index (χ1v) is 11.4. The van der Waals surface area contributed by atoms with Crippen LogP contribution in [-0.2, 0) is 10.2 Å². The lowest BCUT2D eigenvalue weighted by atomic mass is 9.76. The molecule has 4 aromatic carbocycles.